The number of carbonyl (C=O) groups is 1. The fourth-order valence-electron chi connectivity index (χ4n) is 4.67. The van der Waals surface area contributed by atoms with Crippen molar-refractivity contribution in [3.8, 4) is 0 Å². The van der Waals surface area contributed by atoms with Gasteiger partial charge in [-0.25, -0.2) is 0 Å². The highest BCUT2D eigenvalue weighted by Gasteiger charge is 2.42. The number of nitrogens with two attached hydrogens (primary N) is 1. The van der Waals surface area contributed by atoms with Gasteiger partial charge in [0.05, 0.1) is 21.3 Å². The van der Waals surface area contributed by atoms with E-state index in [0.717, 1.165) is 64.1 Å². The number of piperazine rings is 1. The molecule has 1 saturated carbocycles. The van der Waals surface area contributed by atoms with Crippen LogP contribution in [0.2, 0.25) is 10.0 Å². The first-order chi connectivity index (χ1) is 13.3. The number of amides is 1. The minimum atomic E-state index is -0.446. The van der Waals surface area contributed by atoms with Crippen molar-refractivity contribution < 1.29 is 4.79 Å². The van der Waals surface area contributed by atoms with Crippen molar-refractivity contribution in [2.45, 2.75) is 37.6 Å². The molecule has 2 aliphatic rings. The number of primary amides is 1. The summed E-state index contributed by atoms with van der Waals surface area (Å²) in [4.78, 5) is 18.9. The summed E-state index contributed by atoms with van der Waals surface area (Å²) in [6.07, 6.45) is 5.11. The van der Waals surface area contributed by atoms with Gasteiger partial charge in [0.1, 0.15) is 0 Å². The van der Waals surface area contributed by atoms with Gasteiger partial charge in [0, 0.05) is 26.2 Å². The fourth-order valence-corrected chi connectivity index (χ4v) is 5.09. The first-order valence-electron chi connectivity index (χ1n) is 10.2. The quantitative estimate of drug-likeness (QED) is 0.695. The molecule has 1 saturated heterocycles. The summed E-state index contributed by atoms with van der Waals surface area (Å²) in [5.74, 6) is 0.513. The molecule has 2 fully saturated rings. The minimum Gasteiger partial charge on any atom is -0.368 e. The molecule has 2 N–H and O–H groups in total. The summed E-state index contributed by atoms with van der Waals surface area (Å²) in [6, 6.07) is 5.83. The summed E-state index contributed by atoms with van der Waals surface area (Å²) in [6.45, 7) is 5.14. The summed E-state index contributed by atoms with van der Waals surface area (Å²) < 4.78 is 0. The largest absolute Gasteiger partial charge is 0.368 e. The number of anilines is 1. The van der Waals surface area contributed by atoms with E-state index in [1.807, 2.05) is 37.2 Å². The van der Waals surface area contributed by atoms with Crippen molar-refractivity contribution in [1.29, 1.82) is 0 Å². The Kier molecular flexibility index (Phi) is 8.92. The molecule has 0 radical (unpaired) electrons. The lowest BCUT2D eigenvalue weighted by Gasteiger charge is -2.43. The van der Waals surface area contributed by atoms with Crippen LogP contribution in [0.15, 0.2) is 18.2 Å². The molecule has 5 nitrogen and oxygen atoms in total. The van der Waals surface area contributed by atoms with E-state index in [9.17, 15) is 4.79 Å². The van der Waals surface area contributed by atoms with E-state index in [0.29, 0.717) is 16.0 Å². The van der Waals surface area contributed by atoms with Gasteiger partial charge in [0.2, 0.25) is 5.91 Å². The third-order valence-corrected chi connectivity index (χ3v) is 7.55. The molecule has 8 heteroatoms. The second kappa shape index (κ2) is 10.5. The van der Waals surface area contributed by atoms with Crippen molar-refractivity contribution in [3.05, 3.63) is 28.2 Å². The average Bonchev–Trinajstić information content (AvgIpc) is 2.69. The summed E-state index contributed by atoms with van der Waals surface area (Å²) in [7, 11) is 3.94. The topological polar surface area (TPSA) is 52.8 Å². The Balaban J connectivity index is 0.00000300. The molecule has 1 aromatic rings. The van der Waals surface area contributed by atoms with Crippen LogP contribution in [0.25, 0.3) is 0 Å². The van der Waals surface area contributed by atoms with Crippen LogP contribution in [-0.4, -0.2) is 68.1 Å². The lowest BCUT2D eigenvalue weighted by molar-refractivity contribution is -0.131. The van der Waals surface area contributed by atoms with Crippen LogP contribution in [0.5, 0.6) is 0 Å². The maximum absolute atomic E-state index is 12.0. The van der Waals surface area contributed by atoms with Gasteiger partial charge in [-0.15, -0.1) is 12.4 Å². The number of likely N-dealkylation sites (N-methyl/N-ethyl adjacent to an activating group) is 1. The predicted molar refractivity (Wildman–Crippen MR) is 125 cm³/mol. The van der Waals surface area contributed by atoms with Crippen LogP contribution in [-0.2, 0) is 4.79 Å². The van der Waals surface area contributed by atoms with Gasteiger partial charge in [-0.3, -0.25) is 14.6 Å². The van der Waals surface area contributed by atoms with Crippen molar-refractivity contribution in [3.63, 3.8) is 0 Å². The van der Waals surface area contributed by atoms with Crippen molar-refractivity contribution in [2.24, 2.45) is 11.7 Å². The molecule has 0 spiro atoms. The zero-order valence-electron chi connectivity index (χ0n) is 17.4. The van der Waals surface area contributed by atoms with Gasteiger partial charge < -0.3 is 10.6 Å². The SMILES string of the molecule is CN(C)C1(C(N)=O)CCC(CCN2CCN(c3cccc(Cl)c3Cl)CC2)CC1.Cl. The Labute approximate surface area is 190 Å². The van der Waals surface area contributed by atoms with Crippen LogP contribution in [0.3, 0.4) is 0 Å². The van der Waals surface area contributed by atoms with Crippen molar-refractivity contribution in [1.82, 2.24) is 9.80 Å². The van der Waals surface area contributed by atoms with Crippen LogP contribution in [0, 0.1) is 5.92 Å². The Morgan fingerprint density at radius 2 is 1.79 bits per heavy atom. The van der Waals surface area contributed by atoms with Gasteiger partial charge in [0.15, 0.2) is 0 Å². The van der Waals surface area contributed by atoms with Gasteiger partial charge in [-0.1, -0.05) is 29.3 Å². The molecule has 1 aliphatic heterocycles. The number of rotatable bonds is 6. The minimum absolute atomic E-state index is 0. The molecular weight excluding hydrogens is 431 g/mol. The number of hydrogen-bond donors (Lipinski definition) is 1. The average molecular weight is 464 g/mol. The normalized spacial score (nSPS) is 25.7. The first kappa shape index (κ1) is 24.5. The highest BCUT2D eigenvalue weighted by atomic mass is 35.5. The van der Waals surface area contributed by atoms with E-state index in [4.69, 9.17) is 28.9 Å². The predicted octanol–water partition coefficient (Wildman–Crippen LogP) is 3.90. The Morgan fingerprint density at radius 3 is 2.34 bits per heavy atom. The van der Waals surface area contributed by atoms with E-state index in [1.165, 1.54) is 6.42 Å². The maximum atomic E-state index is 12.0. The maximum Gasteiger partial charge on any atom is 0.237 e. The molecule has 1 heterocycles. The van der Waals surface area contributed by atoms with E-state index in [1.54, 1.807) is 0 Å². The molecule has 164 valence electrons. The smallest absolute Gasteiger partial charge is 0.237 e. The summed E-state index contributed by atoms with van der Waals surface area (Å²) >= 11 is 12.5. The zero-order valence-corrected chi connectivity index (χ0v) is 19.7. The molecule has 0 bridgehead atoms. The molecule has 1 aliphatic carbocycles. The third kappa shape index (κ3) is 5.50. The second-order valence-electron chi connectivity index (χ2n) is 8.42. The number of carbonyl (C=O) groups excluding carboxylic acids is 1. The summed E-state index contributed by atoms with van der Waals surface area (Å²) in [5.41, 5.74) is 6.30. The molecule has 1 aromatic carbocycles. The number of halogens is 3. The lowest BCUT2D eigenvalue weighted by Crippen LogP contribution is -2.56. The van der Waals surface area contributed by atoms with Gasteiger partial charge in [-0.05, 0) is 70.8 Å². The monoisotopic (exact) mass is 462 g/mol. The molecule has 0 unspecified atom stereocenters. The van der Waals surface area contributed by atoms with Crippen LogP contribution in [0.4, 0.5) is 5.69 Å². The van der Waals surface area contributed by atoms with E-state index in [-0.39, 0.29) is 18.3 Å². The molecule has 0 atom stereocenters. The number of nitrogens with zero attached hydrogens (tertiary/aromatic N) is 3. The highest BCUT2D eigenvalue weighted by Crippen LogP contribution is 2.37. The Morgan fingerprint density at radius 1 is 1.17 bits per heavy atom. The van der Waals surface area contributed by atoms with Crippen LogP contribution >= 0.6 is 35.6 Å². The van der Waals surface area contributed by atoms with Crippen molar-refractivity contribution in [2.75, 3.05) is 51.7 Å². The molecular formula is C21H33Cl3N4O. The summed E-state index contributed by atoms with van der Waals surface area (Å²) in [5, 5.41) is 1.27. The van der Waals surface area contributed by atoms with E-state index < -0.39 is 5.54 Å². The van der Waals surface area contributed by atoms with Gasteiger partial charge in [0.25, 0.3) is 0 Å². The number of hydrogen-bond acceptors (Lipinski definition) is 4. The van der Waals surface area contributed by atoms with Crippen LogP contribution < -0.4 is 10.6 Å². The fraction of sp³-hybridized carbons (Fsp3) is 0.667. The van der Waals surface area contributed by atoms with Gasteiger partial charge in [-0.2, -0.15) is 0 Å². The molecule has 29 heavy (non-hydrogen) atoms. The van der Waals surface area contributed by atoms with Crippen LogP contribution in [0.1, 0.15) is 32.1 Å². The Hall–Kier alpha value is -0.720. The number of benzene rings is 1. The lowest BCUT2D eigenvalue weighted by atomic mass is 9.74. The molecule has 3 rings (SSSR count). The van der Waals surface area contributed by atoms with E-state index in [2.05, 4.69) is 9.80 Å². The highest BCUT2D eigenvalue weighted by molar-refractivity contribution is 6.43. The zero-order chi connectivity index (χ0) is 20.3. The van der Waals surface area contributed by atoms with E-state index >= 15 is 0 Å². The standard InChI is InChI=1S/C21H32Cl2N4O.ClH/c1-25(2)21(20(24)28)9-6-16(7-10-21)8-11-26-12-14-27(15-13-26)18-5-3-4-17(22)19(18)23;/h3-5,16H,6-15H2,1-2H3,(H2,24,28);1H. The molecule has 0 aromatic heterocycles. The first-order valence-corrected chi connectivity index (χ1v) is 11.0. The Bertz CT molecular complexity index is 685. The third-order valence-electron chi connectivity index (χ3n) is 6.74. The van der Waals surface area contributed by atoms with Gasteiger partial charge >= 0.3 is 0 Å². The van der Waals surface area contributed by atoms with Crippen molar-refractivity contribution >= 4 is 47.2 Å². The molecule has 1 amide bonds. The second-order valence-corrected chi connectivity index (χ2v) is 9.21.